The number of nitrogens with zero attached hydrogens (tertiary/aromatic N) is 2. The minimum absolute atomic E-state index is 0.283. The zero-order valence-electron chi connectivity index (χ0n) is 7.08. The molecule has 0 amide bonds. The van der Waals surface area contributed by atoms with Crippen LogP contribution in [0.25, 0.3) is 10.9 Å². The molecule has 0 fully saturated rings. The molecule has 2 rings (SSSR count). The predicted molar refractivity (Wildman–Crippen MR) is 47.6 cm³/mol. The lowest BCUT2D eigenvalue weighted by atomic mass is 10.1. The van der Waals surface area contributed by atoms with Crippen LogP contribution in [0.4, 0.5) is 4.39 Å². The zero-order chi connectivity index (χ0) is 9.42. The first kappa shape index (κ1) is 7.81. The molecule has 0 atom stereocenters. The minimum Gasteiger partial charge on any atom is -0.349 e. The van der Waals surface area contributed by atoms with E-state index in [4.69, 9.17) is 5.26 Å². The molecular weight excluding hydrogens is 167 g/mol. The van der Waals surface area contributed by atoms with Crippen LogP contribution in [0.5, 0.6) is 0 Å². The molecule has 64 valence electrons. The number of rotatable bonds is 0. The molecule has 1 heterocycles. The molecule has 0 aliphatic rings. The van der Waals surface area contributed by atoms with Crippen molar-refractivity contribution in [3.8, 4) is 6.07 Å². The highest BCUT2D eigenvalue weighted by molar-refractivity contribution is 5.86. The first-order valence-corrected chi connectivity index (χ1v) is 3.87. The molecule has 0 unspecified atom stereocenters. The van der Waals surface area contributed by atoms with Crippen molar-refractivity contribution in [3.63, 3.8) is 0 Å². The molecular formula is C10H7FN2. The van der Waals surface area contributed by atoms with Gasteiger partial charge in [0.2, 0.25) is 0 Å². The maximum Gasteiger partial charge on any atom is 0.132 e. The summed E-state index contributed by atoms with van der Waals surface area (Å²) in [7, 11) is 1.79. The number of benzene rings is 1. The van der Waals surface area contributed by atoms with E-state index in [1.807, 2.05) is 6.07 Å². The highest BCUT2D eigenvalue weighted by atomic mass is 19.1. The molecule has 0 N–H and O–H groups in total. The minimum atomic E-state index is -0.283. The third kappa shape index (κ3) is 0.994. The molecule has 0 saturated carbocycles. The van der Waals surface area contributed by atoms with Gasteiger partial charge < -0.3 is 4.57 Å². The first-order chi connectivity index (χ1) is 6.24. The summed E-state index contributed by atoms with van der Waals surface area (Å²) in [6, 6.07) is 6.53. The summed E-state index contributed by atoms with van der Waals surface area (Å²) in [5, 5.41) is 9.28. The van der Waals surface area contributed by atoms with Gasteiger partial charge in [-0.15, -0.1) is 0 Å². The third-order valence-corrected chi connectivity index (χ3v) is 2.10. The summed E-state index contributed by atoms with van der Waals surface area (Å²) in [6.07, 6.45) is 1.74. The van der Waals surface area contributed by atoms with Gasteiger partial charge in [0.05, 0.1) is 11.1 Å². The number of aryl methyl sites for hydroxylation is 1. The fraction of sp³-hybridized carbons (Fsp3) is 0.100. The van der Waals surface area contributed by atoms with Crippen molar-refractivity contribution in [2.45, 2.75) is 0 Å². The van der Waals surface area contributed by atoms with Crippen LogP contribution in [0, 0.1) is 17.1 Å². The van der Waals surface area contributed by atoms with Crippen LogP contribution in [0.2, 0.25) is 0 Å². The lowest BCUT2D eigenvalue weighted by Gasteiger charge is -1.98. The number of hydrogen-bond acceptors (Lipinski definition) is 1. The Morgan fingerprint density at radius 3 is 2.85 bits per heavy atom. The van der Waals surface area contributed by atoms with Gasteiger partial charge >= 0.3 is 0 Å². The van der Waals surface area contributed by atoms with Crippen molar-refractivity contribution in [1.82, 2.24) is 4.57 Å². The van der Waals surface area contributed by atoms with Gasteiger partial charge in [-0.3, -0.25) is 0 Å². The van der Waals surface area contributed by atoms with Crippen molar-refractivity contribution in [2.24, 2.45) is 7.05 Å². The average Bonchev–Trinajstić information content (AvgIpc) is 2.51. The van der Waals surface area contributed by atoms with E-state index < -0.39 is 0 Å². The van der Waals surface area contributed by atoms with Gasteiger partial charge in [-0.25, -0.2) is 4.39 Å². The molecule has 0 saturated heterocycles. The molecule has 0 radical (unpaired) electrons. The largest absolute Gasteiger partial charge is 0.349 e. The highest BCUT2D eigenvalue weighted by Gasteiger charge is 2.07. The Hall–Kier alpha value is -1.82. The fourth-order valence-corrected chi connectivity index (χ4v) is 1.47. The molecule has 2 nitrogen and oxygen atoms in total. The van der Waals surface area contributed by atoms with Crippen molar-refractivity contribution in [3.05, 3.63) is 35.8 Å². The Bertz CT molecular complexity index is 505. The quantitative estimate of drug-likeness (QED) is 0.601. The summed E-state index contributed by atoms with van der Waals surface area (Å²) in [6.45, 7) is 0. The average molecular weight is 174 g/mol. The molecule has 2 aromatic rings. The van der Waals surface area contributed by atoms with Crippen LogP contribution in [0.1, 0.15) is 5.56 Å². The predicted octanol–water partition coefficient (Wildman–Crippen LogP) is 2.19. The number of nitriles is 1. The zero-order valence-corrected chi connectivity index (χ0v) is 7.08. The van der Waals surface area contributed by atoms with E-state index in [9.17, 15) is 4.39 Å². The molecule has 0 bridgehead atoms. The van der Waals surface area contributed by atoms with E-state index >= 15 is 0 Å². The second kappa shape index (κ2) is 2.60. The summed E-state index contributed by atoms with van der Waals surface area (Å²) in [5.41, 5.74) is 1.16. The summed E-state index contributed by atoms with van der Waals surface area (Å²) >= 11 is 0. The molecule has 3 heteroatoms. The molecule has 13 heavy (non-hydrogen) atoms. The van der Waals surface area contributed by atoms with Crippen LogP contribution in [0.3, 0.4) is 0 Å². The van der Waals surface area contributed by atoms with Gasteiger partial charge in [0.25, 0.3) is 0 Å². The monoisotopic (exact) mass is 174 g/mol. The smallest absolute Gasteiger partial charge is 0.132 e. The fourth-order valence-electron chi connectivity index (χ4n) is 1.47. The van der Waals surface area contributed by atoms with E-state index in [1.165, 1.54) is 12.1 Å². The lowest BCUT2D eigenvalue weighted by molar-refractivity contribution is 0.639. The van der Waals surface area contributed by atoms with Crippen LogP contribution >= 0.6 is 0 Å². The van der Waals surface area contributed by atoms with Crippen molar-refractivity contribution >= 4 is 10.9 Å². The standard InChI is InChI=1S/C10H7FN2/c1-13-5-4-8-9(11)3-2-7(6-12)10(8)13/h2-5H,1H3. The second-order valence-electron chi connectivity index (χ2n) is 2.90. The molecule has 0 spiro atoms. The van der Waals surface area contributed by atoms with Crippen molar-refractivity contribution < 1.29 is 4.39 Å². The maximum atomic E-state index is 13.2. The van der Waals surface area contributed by atoms with Gasteiger partial charge in [-0.2, -0.15) is 5.26 Å². The van der Waals surface area contributed by atoms with Gasteiger partial charge in [0.15, 0.2) is 0 Å². The highest BCUT2D eigenvalue weighted by Crippen LogP contribution is 2.21. The van der Waals surface area contributed by atoms with Crippen molar-refractivity contribution in [2.75, 3.05) is 0 Å². The topological polar surface area (TPSA) is 28.7 Å². The summed E-state index contributed by atoms with van der Waals surface area (Å²) in [4.78, 5) is 0. The lowest BCUT2D eigenvalue weighted by Crippen LogP contribution is -1.89. The van der Waals surface area contributed by atoms with Crippen LogP contribution in [-0.2, 0) is 7.05 Å². The second-order valence-corrected chi connectivity index (χ2v) is 2.90. The molecule has 1 aromatic carbocycles. The SMILES string of the molecule is Cn1ccc2c(F)ccc(C#N)c21. The Kier molecular flexibility index (Phi) is 1.56. The summed E-state index contributed by atoms with van der Waals surface area (Å²) in [5.74, 6) is -0.283. The Labute approximate surface area is 74.8 Å². The Morgan fingerprint density at radius 2 is 2.15 bits per heavy atom. The van der Waals surface area contributed by atoms with E-state index in [0.29, 0.717) is 16.5 Å². The Morgan fingerprint density at radius 1 is 1.38 bits per heavy atom. The van der Waals surface area contributed by atoms with Crippen LogP contribution in [0.15, 0.2) is 24.4 Å². The molecule has 1 aromatic heterocycles. The first-order valence-electron chi connectivity index (χ1n) is 3.87. The number of halogens is 1. The number of aromatic nitrogens is 1. The van der Waals surface area contributed by atoms with Gasteiger partial charge in [-0.1, -0.05) is 0 Å². The van der Waals surface area contributed by atoms with E-state index in [0.717, 1.165) is 0 Å². The Balaban J connectivity index is 2.99. The molecule has 0 aliphatic heterocycles. The maximum absolute atomic E-state index is 13.2. The van der Waals surface area contributed by atoms with Crippen LogP contribution < -0.4 is 0 Å². The van der Waals surface area contributed by atoms with Crippen molar-refractivity contribution in [1.29, 1.82) is 5.26 Å². The summed E-state index contributed by atoms with van der Waals surface area (Å²) < 4.78 is 14.9. The third-order valence-electron chi connectivity index (χ3n) is 2.10. The normalized spacial score (nSPS) is 10.2. The number of fused-ring (bicyclic) bond motifs is 1. The van der Waals surface area contributed by atoms with E-state index in [-0.39, 0.29) is 5.82 Å². The van der Waals surface area contributed by atoms with E-state index in [1.54, 1.807) is 23.9 Å². The number of hydrogen-bond donors (Lipinski definition) is 0. The molecule has 0 aliphatic carbocycles. The van der Waals surface area contributed by atoms with Gasteiger partial charge in [0.1, 0.15) is 11.9 Å². The van der Waals surface area contributed by atoms with Crippen LogP contribution in [-0.4, -0.2) is 4.57 Å². The van der Waals surface area contributed by atoms with Gasteiger partial charge in [0, 0.05) is 18.6 Å². The van der Waals surface area contributed by atoms with Gasteiger partial charge in [-0.05, 0) is 18.2 Å². The van der Waals surface area contributed by atoms with E-state index in [2.05, 4.69) is 0 Å².